The maximum absolute atomic E-state index is 4.41. The molecule has 0 heterocycles. The molecule has 0 saturated heterocycles. The Kier molecular flexibility index (Phi) is 4.58. The van der Waals surface area contributed by atoms with Gasteiger partial charge in [0, 0.05) is 0 Å². The molecule has 0 aromatic heterocycles. The van der Waals surface area contributed by atoms with Crippen LogP contribution >= 0.6 is 0 Å². The van der Waals surface area contributed by atoms with Crippen molar-refractivity contribution in [1.29, 1.82) is 0 Å². The lowest BCUT2D eigenvalue weighted by Crippen LogP contribution is -2.19. The van der Waals surface area contributed by atoms with Crippen LogP contribution in [0.1, 0.15) is 60.8 Å². The van der Waals surface area contributed by atoms with E-state index in [0.29, 0.717) is 0 Å². The van der Waals surface area contributed by atoms with E-state index in [2.05, 4.69) is 51.8 Å². The highest BCUT2D eigenvalue weighted by molar-refractivity contribution is 4.79. The SMILES string of the molecule is CCCC(C)(C)/N=N\C(C)(C)CC. The number of nitrogens with zero attached hydrogens (tertiary/aromatic N) is 2. The third kappa shape index (κ3) is 5.78. The van der Waals surface area contributed by atoms with Crippen molar-refractivity contribution in [2.24, 2.45) is 10.2 Å². The van der Waals surface area contributed by atoms with E-state index in [1.807, 2.05) is 0 Å². The molecule has 0 radical (unpaired) electrons. The van der Waals surface area contributed by atoms with Crippen molar-refractivity contribution >= 4 is 0 Å². The molecule has 0 rings (SSSR count). The minimum atomic E-state index is 0.00497. The van der Waals surface area contributed by atoms with E-state index >= 15 is 0 Å². The van der Waals surface area contributed by atoms with Crippen LogP contribution in [0.15, 0.2) is 10.2 Å². The lowest BCUT2D eigenvalue weighted by Gasteiger charge is -2.21. The van der Waals surface area contributed by atoms with E-state index in [1.165, 1.54) is 6.42 Å². The van der Waals surface area contributed by atoms with Gasteiger partial charge in [0.05, 0.1) is 11.1 Å². The average molecular weight is 184 g/mol. The molecule has 78 valence electrons. The summed E-state index contributed by atoms with van der Waals surface area (Å²) in [4.78, 5) is 0. The molecule has 0 N–H and O–H groups in total. The van der Waals surface area contributed by atoms with Gasteiger partial charge in [0.15, 0.2) is 0 Å². The summed E-state index contributed by atoms with van der Waals surface area (Å²) in [6, 6.07) is 0. The molecule has 0 atom stereocenters. The summed E-state index contributed by atoms with van der Waals surface area (Å²) in [6.45, 7) is 12.9. The van der Waals surface area contributed by atoms with Crippen molar-refractivity contribution in [3.8, 4) is 0 Å². The zero-order valence-electron chi connectivity index (χ0n) is 10.0. The topological polar surface area (TPSA) is 24.7 Å². The molecular weight excluding hydrogens is 160 g/mol. The van der Waals surface area contributed by atoms with E-state index in [9.17, 15) is 0 Å². The van der Waals surface area contributed by atoms with Gasteiger partial charge in [-0.25, -0.2) is 0 Å². The maximum atomic E-state index is 4.41. The van der Waals surface area contributed by atoms with E-state index in [-0.39, 0.29) is 11.1 Å². The van der Waals surface area contributed by atoms with Crippen molar-refractivity contribution in [3.63, 3.8) is 0 Å². The monoisotopic (exact) mass is 184 g/mol. The molecule has 0 amide bonds. The number of hydrogen-bond donors (Lipinski definition) is 0. The fourth-order valence-corrected chi connectivity index (χ4v) is 1.00. The highest BCUT2D eigenvalue weighted by Crippen LogP contribution is 2.21. The summed E-state index contributed by atoms with van der Waals surface area (Å²) in [7, 11) is 0. The molecule has 0 bridgehead atoms. The van der Waals surface area contributed by atoms with Gasteiger partial charge in [-0.05, 0) is 40.5 Å². The smallest absolute Gasteiger partial charge is 0.0760 e. The molecular formula is C11H24N2. The van der Waals surface area contributed by atoms with Crippen LogP contribution in [-0.4, -0.2) is 11.1 Å². The molecule has 0 aliphatic carbocycles. The van der Waals surface area contributed by atoms with Crippen LogP contribution in [-0.2, 0) is 0 Å². The minimum absolute atomic E-state index is 0.00497. The number of hydrogen-bond acceptors (Lipinski definition) is 2. The largest absolute Gasteiger partial charge is 0.187 e. The zero-order chi connectivity index (χ0) is 10.5. The van der Waals surface area contributed by atoms with Crippen molar-refractivity contribution in [1.82, 2.24) is 0 Å². The molecule has 0 aliphatic rings. The molecule has 0 unspecified atom stereocenters. The van der Waals surface area contributed by atoms with E-state index in [4.69, 9.17) is 0 Å². The third-order valence-electron chi connectivity index (χ3n) is 2.32. The lowest BCUT2D eigenvalue weighted by molar-refractivity contribution is 0.393. The summed E-state index contributed by atoms with van der Waals surface area (Å²) < 4.78 is 0. The van der Waals surface area contributed by atoms with E-state index in [1.54, 1.807) is 0 Å². The minimum Gasteiger partial charge on any atom is -0.187 e. The van der Waals surface area contributed by atoms with Gasteiger partial charge in [0.2, 0.25) is 0 Å². The van der Waals surface area contributed by atoms with Gasteiger partial charge >= 0.3 is 0 Å². The van der Waals surface area contributed by atoms with Gasteiger partial charge in [0.25, 0.3) is 0 Å². The predicted molar refractivity (Wildman–Crippen MR) is 58.2 cm³/mol. The van der Waals surface area contributed by atoms with Crippen LogP contribution in [0.4, 0.5) is 0 Å². The van der Waals surface area contributed by atoms with Crippen molar-refractivity contribution < 1.29 is 0 Å². The van der Waals surface area contributed by atoms with Gasteiger partial charge in [-0.1, -0.05) is 20.3 Å². The molecule has 13 heavy (non-hydrogen) atoms. The first-order chi connectivity index (χ1) is 5.83. The Hall–Kier alpha value is -0.400. The highest BCUT2D eigenvalue weighted by atomic mass is 15.2. The molecule has 0 spiro atoms. The highest BCUT2D eigenvalue weighted by Gasteiger charge is 2.18. The summed E-state index contributed by atoms with van der Waals surface area (Å²) in [5.41, 5.74) is 0.0200. The van der Waals surface area contributed by atoms with Gasteiger partial charge < -0.3 is 0 Å². The van der Waals surface area contributed by atoms with E-state index in [0.717, 1.165) is 12.8 Å². The molecule has 0 aromatic carbocycles. The third-order valence-corrected chi connectivity index (χ3v) is 2.32. The molecule has 0 fully saturated rings. The zero-order valence-corrected chi connectivity index (χ0v) is 10.0. The predicted octanol–water partition coefficient (Wildman–Crippen LogP) is 4.21. The van der Waals surface area contributed by atoms with Gasteiger partial charge in [-0.15, -0.1) is 0 Å². The Balaban J connectivity index is 4.24. The van der Waals surface area contributed by atoms with Crippen LogP contribution in [0.2, 0.25) is 0 Å². The van der Waals surface area contributed by atoms with Crippen LogP contribution in [0, 0.1) is 0 Å². The number of rotatable bonds is 5. The van der Waals surface area contributed by atoms with Gasteiger partial charge in [-0.3, -0.25) is 0 Å². The van der Waals surface area contributed by atoms with Crippen molar-refractivity contribution in [3.05, 3.63) is 0 Å². The first-order valence-electron chi connectivity index (χ1n) is 5.27. The van der Waals surface area contributed by atoms with Crippen molar-refractivity contribution in [2.45, 2.75) is 71.9 Å². The summed E-state index contributed by atoms with van der Waals surface area (Å²) in [6.07, 6.45) is 3.31. The van der Waals surface area contributed by atoms with Crippen LogP contribution < -0.4 is 0 Å². The normalized spacial score (nSPS) is 14.0. The van der Waals surface area contributed by atoms with Gasteiger partial charge in [-0.2, -0.15) is 10.2 Å². The molecule has 2 nitrogen and oxygen atoms in total. The average Bonchev–Trinajstić information content (AvgIpc) is 2.02. The second-order valence-electron chi connectivity index (χ2n) is 4.93. The molecule has 0 aliphatic heterocycles. The van der Waals surface area contributed by atoms with Crippen molar-refractivity contribution in [2.75, 3.05) is 0 Å². The van der Waals surface area contributed by atoms with Crippen LogP contribution in [0.3, 0.4) is 0 Å². The first-order valence-corrected chi connectivity index (χ1v) is 5.27. The maximum Gasteiger partial charge on any atom is 0.0760 e. The quantitative estimate of drug-likeness (QED) is 0.572. The fourth-order valence-electron chi connectivity index (χ4n) is 1.00. The second-order valence-corrected chi connectivity index (χ2v) is 4.93. The Bertz CT molecular complexity index is 169. The van der Waals surface area contributed by atoms with Gasteiger partial charge in [0.1, 0.15) is 0 Å². The first kappa shape index (κ1) is 12.6. The summed E-state index contributed by atoms with van der Waals surface area (Å²) in [5.74, 6) is 0. The standard InChI is InChI=1S/C11H24N2/c1-7-9-11(5,6)13-12-10(3,4)8-2/h7-9H2,1-6H3/b13-12-. The second kappa shape index (κ2) is 4.73. The Morgan fingerprint density at radius 2 is 1.31 bits per heavy atom. The Morgan fingerprint density at radius 3 is 1.69 bits per heavy atom. The number of azo groups is 1. The molecule has 0 saturated carbocycles. The lowest BCUT2D eigenvalue weighted by atomic mass is 10.0. The van der Waals surface area contributed by atoms with Crippen LogP contribution in [0.5, 0.6) is 0 Å². The Labute approximate surface area is 82.8 Å². The Morgan fingerprint density at radius 1 is 0.846 bits per heavy atom. The fraction of sp³-hybridized carbons (Fsp3) is 1.00. The van der Waals surface area contributed by atoms with Crippen LogP contribution in [0.25, 0.3) is 0 Å². The van der Waals surface area contributed by atoms with E-state index < -0.39 is 0 Å². The molecule has 2 heteroatoms. The molecule has 0 aromatic rings. The summed E-state index contributed by atoms with van der Waals surface area (Å²) in [5, 5.41) is 8.80. The summed E-state index contributed by atoms with van der Waals surface area (Å²) >= 11 is 0.